The lowest BCUT2D eigenvalue weighted by Gasteiger charge is -2.26. The first-order chi connectivity index (χ1) is 10.2. The van der Waals surface area contributed by atoms with Gasteiger partial charge in [0.25, 0.3) is 0 Å². The summed E-state index contributed by atoms with van der Waals surface area (Å²) in [6.07, 6.45) is 2.81. The second kappa shape index (κ2) is 5.82. The Balaban J connectivity index is 2.12. The molecule has 0 aromatic heterocycles. The van der Waals surface area contributed by atoms with Crippen LogP contribution in [0.3, 0.4) is 0 Å². The molecule has 0 fully saturated rings. The zero-order valence-electron chi connectivity index (χ0n) is 11.6. The number of aliphatic hydroxyl groups excluding tert-OH is 1. The zero-order valence-corrected chi connectivity index (χ0v) is 11.6. The second-order valence-corrected chi connectivity index (χ2v) is 5.30. The fourth-order valence-corrected chi connectivity index (χ4v) is 2.89. The summed E-state index contributed by atoms with van der Waals surface area (Å²) in [5.74, 6) is -1.26. The monoisotopic (exact) mass is 289 g/mol. The van der Waals surface area contributed by atoms with E-state index in [4.69, 9.17) is 5.11 Å². The largest absolute Gasteiger partial charge is 0.392 e. The maximum absolute atomic E-state index is 14.3. The second-order valence-electron chi connectivity index (χ2n) is 5.30. The number of fused-ring (bicyclic) bond motifs is 1. The molecule has 2 aromatic carbocycles. The van der Waals surface area contributed by atoms with Crippen molar-refractivity contribution in [2.45, 2.75) is 25.9 Å². The molecule has 0 aliphatic carbocycles. The molecule has 0 spiro atoms. The number of halogens is 2. The Morgan fingerprint density at radius 3 is 2.48 bits per heavy atom. The maximum Gasteiger partial charge on any atom is 0.150 e. The Morgan fingerprint density at radius 1 is 1.05 bits per heavy atom. The summed E-state index contributed by atoms with van der Waals surface area (Å²) in [5, 5.41) is 9.04. The molecule has 4 heteroatoms. The number of aryl methyl sites for hydroxylation is 1. The van der Waals surface area contributed by atoms with Gasteiger partial charge in [0.2, 0.25) is 0 Å². The minimum atomic E-state index is -0.629. The number of benzene rings is 2. The summed E-state index contributed by atoms with van der Waals surface area (Å²) < 4.78 is 28.6. The standard InChI is InChI=1S/C17H17F2NO/c18-14-9-12(11-21)10-15(19)17(14)20-8-4-3-6-13-5-1-2-7-16(13)20/h1-2,5,7,9-10,21H,3-4,6,8,11H2. The minimum Gasteiger partial charge on any atom is -0.392 e. The van der Waals surface area contributed by atoms with Gasteiger partial charge in [0.05, 0.1) is 6.61 Å². The van der Waals surface area contributed by atoms with Crippen LogP contribution in [0.25, 0.3) is 0 Å². The summed E-state index contributed by atoms with van der Waals surface area (Å²) in [5.41, 5.74) is 2.20. The molecule has 2 nitrogen and oxygen atoms in total. The molecule has 0 unspecified atom stereocenters. The summed E-state index contributed by atoms with van der Waals surface area (Å²) in [4.78, 5) is 1.72. The van der Waals surface area contributed by atoms with Gasteiger partial charge in [-0.05, 0) is 48.6 Å². The van der Waals surface area contributed by atoms with Gasteiger partial charge in [0, 0.05) is 12.2 Å². The quantitative estimate of drug-likeness (QED) is 0.905. The molecule has 2 aromatic rings. The highest BCUT2D eigenvalue weighted by atomic mass is 19.1. The van der Waals surface area contributed by atoms with Crippen LogP contribution in [0.5, 0.6) is 0 Å². The number of hydrogen-bond acceptors (Lipinski definition) is 2. The molecule has 1 aliphatic rings. The van der Waals surface area contributed by atoms with Crippen LogP contribution < -0.4 is 4.90 Å². The first-order valence-electron chi connectivity index (χ1n) is 7.15. The van der Waals surface area contributed by atoms with E-state index in [2.05, 4.69) is 0 Å². The van der Waals surface area contributed by atoms with Gasteiger partial charge in [-0.3, -0.25) is 0 Å². The molecule has 0 amide bonds. The van der Waals surface area contributed by atoms with E-state index in [9.17, 15) is 8.78 Å². The molecule has 0 atom stereocenters. The molecule has 0 saturated carbocycles. The van der Waals surface area contributed by atoms with E-state index in [1.165, 1.54) is 12.1 Å². The lowest BCUT2D eigenvalue weighted by atomic mass is 10.1. The molecule has 0 bridgehead atoms. The molecule has 3 rings (SSSR count). The molecule has 1 aliphatic heterocycles. The first-order valence-corrected chi connectivity index (χ1v) is 7.15. The first kappa shape index (κ1) is 14.0. The van der Waals surface area contributed by atoms with Gasteiger partial charge in [-0.2, -0.15) is 0 Å². The molecular formula is C17H17F2NO. The molecule has 21 heavy (non-hydrogen) atoms. The van der Waals surface area contributed by atoms with E-state index in [1.54, 1.807) is 4.90 Å². The fourth-order valence-electron chi connectivity index (χ4n) is 2.89. The molecule has 1 N–H and O–H groups in total. The highest BCUT2D eigenvalue weighted by Crippen LogP contribution is 2.36. The van der Waals surface area contributed by atoms with E-state index in [0.29, 0.717) is 6.54 Å². The van der Waals surface area contributed by atoms with Crippen molar-refractivity contribution in [3.05, 3.63) is 59.2 Å². The Labute approximate surface area is 122 Å². The van der Waals surface area contributed by atoms with Gasteiger partial charge in [0.1, 0.15) is 17.3 Å². The van der Waals surface area contributed by atoms with E-state index in [0.717, 1.165) is 30.5 Å². The predicted octanol–water partition coefficient (Wildman–Crippen LogP) is 3.93. The van der Waals surface area contributed by atoms with Crippen LogP contribution in [0.1, 0.15) is 24.0 Å². The van der Waals surface area contributed by atoms with Crippen LogP contribution in [0.4, 0.5) is 20.2 Å². The third-order valence-corrected chi connectivity index (χ3v) is 3.89. The Kier molecular flexibility index (Phi) is 3.88. The average molecular weight is 289 g/mol. The van der Waals surface area contributed by atoms with E-state index >= 15 is 0 Å². The van der Waals surface area contributed by atoms with Crippen molar-refractivity contribution in [1.29, 1.82) is 0 Å². The van der Waals surface area contributed by atoms with Crippen LogP contribution in [-0.4, -0.2) is 11.7 Å². The Hall–Kier alpha value is -1.94. The smallest absolute Gasteiger partial charge is 0.150 e. The SMILES string of the molecule is OCc1cc(F)c(N2CCCCc3ccccc32)c(F)c1. The lowest BCUT2D eigenvalue weighted by molar-refractivity contribution is 0.280. The summed E-state index contributed by atoms with van der Waals surface area (Å²) in [6.45, 7) is 0.216. The third kappa shape index (κ3) is 2.63. The number of para-hydroxylation sites is 1. The van der Waals surface area contributed by atoms with Crippen molar-refractivity contribution < 1.29 is 13.9 Å². The van der Waals surface area contributed by atoms with E-state index < -0.39 is 11.6 Å². The van der Waals surface area contributed by atoms with Crippen LogP contribution in [0, 0.1) is 11.6 Å². The highest BCUT2D eigenvalue weighted by molar-refractivity contribution is 5.68. The van der Waals surface area contributed by atoms with Crippen LogP contribution in [-0.2, 0) is 13.0 Å². The molecule has 0 radical (unpaired) electrons. The van der Waals surface area contributed by atoms with Crippen LogP contribution >= 0.6 is 0 Å². The zero-order chi connectivity index (χ0) is 14.8. The van der Waals surface area contributed by atoms with Crippen molar-refractivity contribution in [3.63, 3.8) is 0 Å². The van der Waals surface area contributed by atoms with Gasteiger partial charge in [-0.25, -0.2) is 8.78 Å². The average Bonchev–Trinajstić information content (AvgIpc) is 2.69. The summed E-state index contributed by atoms with van der Waals surface area (Å²) >= 11 is 0. The van der Waals surface area contributed by atoms with Crippen LogP contribution in [0.2, 0.25) is 0 Å². The minimum absolute atomic E-state index is 0.0263. The third-order valence-electron chi connectivity index (χ3n) is 3.89. The normalized spacial score (nSPS) is 14.7. The Morgan fingerprint density at radius 2 is 1.76 bits per heavy atom. The van der Waals surface area contributed by atoms with Crippen molar-refractivity contribution in [3.8, 4) is 0 Å². The Bertz CT molecular complexity index is 634. The van der Waals surface area contributed by atoms with Crippen molar-refractivity contribution in [1.82, 2.24) is 0 Å². The number of nitrogens with zero attached hydrogens (tertiary/aromatic N) is 1. The highest BCUT2D eigenvalue weighted by Gasteiger charge is 2.22. The van der Waals surface area contributed by atoms with Gasteiger partial charge < -0.3 is 10.0 Å². The number of hydrogen-bond donors (Lipinski definition) is 1. The van der Waals surface area contributed by atoms with Crippen molar-refractivity contribution in [2.75, 3.05) is 11.4 Å². The van der Waals surface area contributed by atoms with Gasteiger partial charge in [-0.15, -0.1) is 0 Å². The predicted molar refractivity (Wildman–Crippen MR) is 78.7 cm³/mol. The van der Waals surface area contributed by atoms with Crippen LogP contribution in [0.15, 0.2) is 36.4 Å². The lowest BCUT2D eigenvalue weighted by Crippen LogP contribution is -2.20. The van der Waals surface area contributed by atoms with E-state index in [-0.39, 0.29) is 17.9 Å². The number of aliphatic hydroxyl groups is 1. The van der Waals surface area contributed by atoms with Crippen molar-refractivity contribution >= 4 is 11.4 Å². The summed E-state index contributed by atoms with van der Waals surface area (Å²) in [6, 6.07) is 10.1. The number of anilines is 2. The van der Waals surface area contributed by atoms with Crippen molar-refractivity contribution in [2.24, 2.45) is 0 Å². The molecule has 0 saturated heterocycles. The van der Waals surface area contributed by atoms with Gasteiger partial charge in [0.15, 0.2) is 0 Å². The molecule has 1 heterocycles. The number of rotatable bonds is 2. The van der Waals surface area contributed by atoms with E-state index in [1.807, 2.05) is 24.3 Å². The van der Waals surface area contributed by atoms with Gasteiger partial charge in [-0.1, -0.05) is 18.2 Å². The van der Waals surface area contributed by atoms with Gasteiger partial charge >= 0.3 is 0 Å². The maximum atomic E-state index is 14.3. The topological polar surface area (TPSA) is 23.5 Å². The summed E-state index contributed by atoms with van der Waals surface area (Å²) in [7, 11) is 0. The fraction of sp³-hybridized carbons (Fsp3) is 0.294. The molecule has 110 valence electrons. The molecular weight excluding hydrogens is 272 g/mol.